The van der Waals surface area contributed by atoms with Gasteiger partial charge in [0.15, 0.2) is 11.4 Å². The summed E-state index contributed by atoms with van der Waals surface area (Å²) in [5, 5.41) is 17.0. The molecule has 0 radical (unpaired) electrons. The molecule has 1 heterocycles. The van der Waals surface area contributed by atoms with Gasteiger partial charge in [-0.25, -0.2) is 14.6 Å². The molecule has 6 nitrogen and oxygen atoms in total. The Hall–Kier alpha value is -2.11. The van der Waals surface area contributed by atoms with Gasteiger partial charge in [0.1, 0.15) is 0 Å². The maximum Gasteiger partial charge on any atom is 0.354 e. The third kappa shape index (κ3) is 1.92. The van der Waals surface area contributed by atoms with Crippen molar-refractivity contribution in [2.75, 3.05) is 5.73 Å². The molecule has 1 aromatic heterocycles. The summed E-state index contributed by atoms with van der Waals surface area (Å²) in [5.41, 5.74) is 4.57. The van der Waals surface area contributed by atoms with E-state index < -0.39 is 11.9 Å². The minimum Gasteiger partial charge on any atom is -0.477 e. The largest absolute Gasteiger partial charge is 0.477 e. The van der Waals surface area contributed by atoms with Gasteiger partial charge >= 0.3 is 11.9 Å². The van der Waals surface area contributed by atoms with Crippen molar-refractivity contribution >= 4 is 17.6 Å². The molecule has 13 heavy (non-hydrogen) atoms. The third-order valence-electron chi connectivity index (χ3n) is 1.29. The molecule has 0 bridgehead atoms. The molecule has 0 unspecified atom stereocenters. The lowest BCUT2D eigenvalue weighted by atomic mass is 10.2. The summed E-state index contributed by atoms with van der Waals surface area (Å²) in [6.07, 6.45) is 0. The normalized spacial score (nSPS) is 9.54. The van der Waals surface area contributed by atoms with Gasteiger partial charge in [-0.2, -0.15) is 0 Å². The molecular formula is C7H6N2O4. The molecule has 0 saturated carbocycles. The fraction of sp³-hybridized carbons (Fsp3) is 0. The molecule has 68 valence electrons. The Kier molecular flexibility index (Phi) is 2.14. The highest BCUT2D eigenvalue weighted by molar-refractivity contribution is 5.91. The number of rotatable bonds is 2. The Labute approximate surface area is 72.6 Å². The first-order valence-electron chi connectivity index (χ1n) is 3.25. The zero-order valence-corrected chi connectivity index (χ0v) is 6.39. The Balaban J connectivity index is 3.26. The zero-order chi connectivity index (χ0) is 10.0. The highest BCUT2D eigenvalue weighted by atomic mass is 16.4. The second-order valence-electron chi connectivity index (χ2n) is 2.28. The van der Waals surface area contributed by atoms with E-state index >= 15 is 0 Å². The highest BCUT2D eigenvalue weighted by Gasteiger charge is 2.11. The average molecular weight is 182 g/mol. The zero-order valence-electron chi connectivity index (χ0n) is 6.39. The van der Waals surface area contributed by atoms with Crippen molar-refractivity contribution in [3.8, 4) is 0 Å². The molecule has 0 atom stereocenters. The van der Waals surface area contributed by atoms with Crippen LogP contribution in [0.1, 0.15) is 21.0 Å². The SMILES string of the molecule is Nc1cc(C(=O)O)nc(C(=O)O)c1. The van der Waals surface area contributed by atoms with E-state index in [4.69, 9.17) is 15.9 Å². The molecule has 0 amide bonds. The Morgan fingerprint density at radius 3 is 1.85 bits per heavy atom. The van der Waals surface area contributed by atoms with Crippen molar-refractivity contribution in [3.63, 3.8) is 0 Å². The van der Waals surface area contributed by atoms with Crippen LogP contribution in [-0.4, -0.2) is 27.1 Å². The van der Waals surface area contributed by atoms with E-state index in [-0.39, 0.29) is 17.1 Å². The second-order valence-corrected chi connectivity index (χ2v) is 2.28. The van der Waals surface area contributed by atoms with Crippen LogP contribution in [0, 0.1) is 0 Å². The van der Waals surface area contributed by atoms with Crippen LogP contribution >= 0.6 is 0 Å². The number of carboxylic acids is 2. The predicted molar refractivity (Wildman–Crippen MR) is 42.6 cm³/mol. The van der Waals surface area contributed by atoms with Crippen LogP contribution in [0.3, 0.4) is 0 Å². The van der Waals surface area contributed by atoms with Gasteiger partial charge < -0.3 is 15.9 Å². The van der Waals surface area contributed by atoms with Gasteiger partial charge in [-0.3, -0.25) is 0 Å². The van der Waals surface area contributed by atoms with Crippen LogP contribution in [0.2, 0.25) is 0 Å². The van der Waals surface area contributed by atoms with Crippen molar-refractivity contribution in [2.24, 2.45) is 0 Å². The van der Waals surface area contributed by atoms with Crippen LogP contribution in [0.15, 0.2) is 12.1 Å². The minimum absolute atomic E-state index is 0.0600. The Morgan fingerprint density at radius 1 is 1.15 bits per heavy atom. The molecule has 6 heteroatoms. The van der Waals surface area contributed by atoms with Gasteiger partial charge in [0.05, 0.1) is 0 Å². The number of pyridine rings is 1. The van der Waals surface area contributed by atoms with Gasteiger partial charge in [0.2, 0.25) is 0 Å². The summed E-state index contributed by atoms with van der Waals surface area (Å²) >= 11 is 0. The summed E-state index contributed by atoms with van der Waals surface area (Å²) in [6, 6.07) is 2.18. The van der Waals surface area contributed by atoms with Crippen molar-refractivity contribution in [3.05, 3.63) is 23.5 Å². The van der Waals surface area contributed by atoms with Crippen molar-refractivity contribution < 1.29 is 19.8 Å². The van der Waals surface area contributed by atoms with Gasteiger partial charge in [0, 0.05) is 5.69 Å². The summed E-state index contributed by atoms with van der Waals surface area (Å²) in [4.78, 5) is 24.2. The van der Waals surface area contributed by atoms with E-state index in [2.05, 4.69) is 4.98 Å². The number of carboxylic acid groups (broad SMARTS) is 2. The number of anilines is 1. The molecule has 0 aliphatic carbocycles. The number of nitrogens with two attached hydrogens (primary N) is 1. The summed E-state index contributed by atoms with van der Waals surface area (Å²) in [6.45, 7) is 0. The number of aromatic carboxylic acids is 2. The third-order valence-corrected chi connectivity index (χ3v) is 1.29. The molecule has 0 fully saturated rings. The fourth-order valence-corrected chi connectivity index (χ4v) is 0.771. The highest BCUT2D eigenvalue weighted by Crippen LogP contribution is 2.07. The molecule has 0 aliphatic rings. The van der Waals surface area contributed by atoms with E-state index in [0.29, 0.717) is 0 Å². The summed E-state index contributed by atoms with van der Waals surface area (Å²) < 4.78 is 0. The first kappa shape index (κ1) is 8.98. The molecule has 1 aromatic rings. The monoisotopic (exact) mass is 182 g/mol. The number of nitrogen functional groups attached to an aromatic ring is 1. The van der Waals surface area contributed by atoms with Gasteiger partial charge in [-0.05, 0) is 12.1 Å². The van der Waals surface area contributed by atoms with Crippen molar-refractivity contribution in [1.29, 1.82) is 0 Å². The minimum atomic E-state index is -1.31. The lowest BCUT2D eigenvalue weighted by Gasteiger charge is -1.98. The van der Waals surface area contributed by atoms with Crippen LogP contribution in [-0.2, 0) is 0 Å². The smallest absolute Gasteiger partial charge is 0.354 e. The maximum atomic E-state index is 10.4. The van der Waals surface area contributed by atoms with E-state index in [9.17, 15) is 9.59 Å². The van der Waals surface area contributed by atoms with Crippen LogP contribution in [0.25, 0.3) is 0 Å². The van der Waals surface area contributed by atoms with Crippen LogP contribution in [0.4, 0.5) is 5.69 Å². The Bertz CT molecular complexity index is 343. The molecule has 0 spiro atoms. The van der Waals surface area contributed by atoms with Crippen LogP contribution < -0.4 is 5.73 Å². The predicted octanol–water partition coefficient (Wildman–Crippen LogP) is 0.0602. The average Bonchev–Trinajstić information content (AvgIpc) is 2.03. The van der Waals surface area contributed by atoms with Gasteiger partial charge in [0.25, 0.3) is 0 Å². The van der Waals surface area contributed by atoms with Crippen molar-refractivity contribution in [2.45, 2.75) is 0 Å². The summed E-state index contributed by atoms with van der Waals surface area (Å²) in [5.74, 6) is -2.62. The topological polar surface area (TPSA) is 114 Å². The number of carbonyl (C=O) groups is 2. The van der Waals surface area contributed by atoms with E-state index in [0.717, 1.165) is 12.1 Å². The molecular weight excluding hydrogens is 176 g/mol. The first-order valence-corrected chi connectivity index (χ1v) is 3.25. The Morgan fingerprint density at radius 2 is 1.54 bits per heavy atom. The summed E-state index contributed by atoms with van der Waals surface area (Å²) in [7, 11) is 0. The van der Waals surface area contributed by atoms with E-state index in [1.807, 2.05) is 0 Å². The van der Waals surface area contributed by atoms with Gasteiger partial charge in [-0.1, -0.05) is 0 Å². The fourth-order valence-electron chi connectivity index (χ4n) is 0.771. The lowest BCUT2D eigenvalue weighted by Crippen LogP contribution is -2.08. The van der Waals surface area contributed by atoms with E-state index in [1.165, 1.54) is 0 Å². The van der Waals surface area contributed by atoms with Gasteiger partial charge in [-0.15, -0.1) is 0 Å². The lowest BCUT2D eigenvalue weighted by molar-refractivity contribution is 0.0685. The van der Waals surface area contributed by atoms with Crippen molar-refractivity contribution in [1.82, 2.24) is 4.98 Å². The molecule has 0 saturated heterocycles. The number of hydrogen-bond donors (Lipinski definition) is 3. The molecule has 0 aliphatic heterocycles. The number of nitrogens with zero attached hydrogens (tertiary/aromatic N) is 1. The number of aromatic nitrogens is 1. The standard InChI is InChI=1S/C7H6N2O4/c8-3-1-4(6(10)11)9-5(2-3)7(12)13/h1-2H,(H2,8,9)(H,10,11)(H,12,13). The van der Waals surface area contributed by atoms with Crippen LogP contribution in [0.5, 0.6) is 0 Å². The number of hydrogen-bond acceptors (Lipinski definition) is 4. The maximum absolute atomic E-state index is 10.4. The molecule has 1 rings (SSSR count). The first-order chi connectivity index (χ1) is 6.00. The quantitative estimate of drug-likeness (QED) is 0.595. The molecule has 0 aromatic carbocycles. The second kappa shape index (κ2) is 3.10. The van der Waals surface area contributed by atoms with E-state index in [1.54, 1.807) is 0 Å². The molecule has 4 N–H and O–H groups in total.